The van der Waals surface area contributed by atoms with E-state index in [1.807, 2.05) is 0 Å². The third-order valence-corrected chi connectivity index (χ3v) is 11.6. The largest absolute Gasteiger partial charge is 0.393 e. The number of ether oxygens (including phenoxy) is 1. The first-order chi connectivity index (χ1) is 14.7. The minimum Gasteiger partial charge on any atom is -0.393 e. The summed E-state index contributed by atoms with van der Waals surface area (Å²) in [4.78, 5) is 0. The number of allylic oxidation sites excluding steroid dienone is 1. The SMILES string of the molecule is C[C@H]1CN[C@@]2(O[C@H]3C[C@H]4[C@@H]5CC=C6C[C@@H](O)CC[C@]6(C)[C@H]5CC[C@]4(C)[C@H]3[C@@H]2C)[C@@H](O)C1. The average Bonchev–Trinajstić information content (AvgIpc) is 3.17. The average molecular weight is 430 g/mol. The van der Waals surface area contributed by atoms with Gasteiger partial charge in [-0.3, -0.25) is 5.32 Å². The fourth-order valence-electron chi connectivity index (χ4n) is 9.98. The van der Waals surface area contributed by atoms with Gasteiger partial charge in [-0.25, -0.2) is 0 Å². The van der Waals surface area contributed by atoms with E-state index in [1.54, 1.807) is 5.57 Å². The third-order valence-electron chi connectivity index (χ3n) is 11.6. The Bertz CT molecular complexity index is 782. The molecule has 2 aliphatic heterocycles. The van der Waals surface area contributed by atoms with Crippen LogP contribution in [0.5, 0.6) is 0 Å². The molecule has 0 radical (unpaired) electrons. The lowest BCUT2D eigenvalue weighted by molar-refractivity contribution is -0.177. The van der Waals surface area contributed by atoms with Crippen LogP contribution in [0.25, 0.3) is 0 Å². The summed E-state index contributed by atoms with van der Waals surface area (Å²) in [6, 6.07) is 0. The van der Waals surface area contributed by atoms with Gasteiger partial charge in [0.15, 0.2) is 0 Å². The van der Waals surface area contributed by atoms with Gasteiger partial charge in [0.1, 0.15) is 5.72 Å². The second kappa shape index (κ2) is 6.81. The van der Waals surface area contributed by atoms with Crippen molar-refractivity contribution in [1.82, 2.24) is 5.32 Å². The first-order valence-electron chi connectivity index (χ1n) is 13.2. The summed E-state index contributed by atoms with van der Waals surface area (Å²) in [5, 5.41) is 25.0. The number of piperidine rings is 1. The van der Waals surface area contributed by atoms with Crippen molar-refractivity contribution < 1.29 is 14.9 Å². The molecule has 0 bridgehead atoms. The van der Waals surface area contributed by atoms with Crippen molar-refractivity contribution in [2.75, 3.05) is 6.54 Å². The minimum absolute atomic E-state index is 0.127. The maximum absolute atomic E-state index is 11.1. The normalized spacial score (nSPS) is 60.7. The van der Waals surface area contributed by atoms with Gasteiger partial charge in [-0.2, -0.15) is 0 Å². The van der Waals surface area contributed by atoms with Gasteiger partial charge in [-0.15, -0.1) is 0 Å². The molecule has 2 heterocycles. The summed E-state index contributed by atoms with van der Waals surface area (Å²) < 4.78 is 6.86. The molecule has 0 aromatic rings. The number of hydrogen-bond acceptors (Lipinski definition) is 4. The Hall–Kier alpha value is -0.420. The Balaban J connectivity index is 1.29. The maximum Gasteiger partial charge on any atom is 0.148 e. The second-order valence-electron chi connectivity index (χ2n) is 12.9. The van der Waals surface area contributed by atoms with Crippen LogP contribution in [-0.4, -0.2) is 40.8 Å². The molecule has 0 unspecified atom stereocenters. The van der Waals surface area contributed by atoms with E-state index in [2.05, 4.69) is 39.1 Å². The number of rotatable bonds is 0. The van der Waals surface area contributed by atoms with Crippen LogP contribution in [-0.2, 0) is 4.74 Å². The van der Waals surface area contributed by atoms with Crippen LogP contribution < -0.4 is 5.32 Å². The molecule has 1 spiro atoms. The summed E-state index contributed by atoms with van der Waals surface area (Å²) in [7, 11) is 0. The number of aliphatic hydroxyl groups is 2. The summed E-state index contributed by atoms with van der Waals surface area (Å²) in [5.41, 5.74) is 1.64. The van der Waals surface area contributed by atoms with E-state index in [0.29, 0.717) is 28.6 Å². The highest BCUT2D eigenvalue weighted by Gasteiger charge is 2.69. The molecular weight excluding hydrogens is 386 g/mol. The van der Waals surface area contributed by atoms with Gasteiger partial charge in [0.25, 0.3) is 0 Å². The highest BCUT2D eigenvalue weighted by atomic mass is 16.5. The molecular formula is C27H43NO3. The van der Waals surface area contributed by atoms with Crippen molar-refractivity contribution in [2.24, 2.45) is 46.3 Å². The number of nitrogens with one attached hydrogen (secondary N) is 1. The Labute approximate surface area is 188 Å². The zero-order valence-corrected chi connectivity index (χ0v) is 19.9. The molecule has 4 nitrogen and oxygen atoms in total. The number of hydrogen-bond donors (Lipinski definition) is 3. The fourth-order valence-corrected chi connectivity index (χ4v) is 9.98. The predicted octanol–water partition coefficient (Wildman–Crippen LogP) is 4.26. The van der Waals surface area contributed by atoms with Crippen molar-refractivity contribution in [3.63, 3.8) is 0 Å². The topological polar surface area (TPSA) is 61.7 Å². The molecule has 0 amide bonds. The van der Waals surface area contributed by atoms with Gasteiger partial charge in [-0.05, 0) is 91.8 Å². The molecule has 6 aliphatic rings. The van der Waals surface area contributed by atoms with Crippen LogP contribution in [0.3, 0.4) is 0 Å². The summed E-state index contributed by atoms with van der Waals surface area (Å²) >= 11 is 0. The van der Waals surface area contributed by atoms with Crippen LogP contribution in [0, 0.1) is 46.3 Å². The van der Waals surface area contributed by atoms with Crippen molar-refractivity contribution in [3.8, 4) is 0 Å². The van der Waals surface area contributed by atoms with Crippen LogP contribution >= 0.6 is 0 Å². The molecule has 4 aliphatic carbocycles. The number of fused-ring (bicyclic) bond motifs is 7. The highest BCUT2D eigenvalue weighted by molar-refractivity contribution is 5.26. The van der Waals surface area contributed by atoms with Crippen molar-refractivity contribution in [2.45, 2.75) is 103 Å². The molecule has 174 valence electrons. The van der Waals surface area contributed by atoms with Gasteiger partial charge in [0, 0.05) is 12.5 Å². The van der Waals surface area contributed by atoms with Crippen molar-refractivity contribution >= 4 is 0 Å². The Kier molecular flexibility index (Phi) is 4.64. The summed E-state index contributed by atoms with van der Waals surface area (Å²) in [5.74, 6) is 3.64. The third kappa shape index (κ3) is 2.68. The first kappa shape index (κ1) is 21.1. The maximum atomic E-state index is 11.1. The van der Waals surface area contributed by atoms with E-state index in [4.69, 9.17) is 4.74 Å². The lowest BCUT2D eigenvalue weighted by Gasteiger charge is -2.58. The van der Waals surface area contributed by atoms with Crippen molar-refractivity contribution in [1.29, 1.82) is 0 Å². The van der Waals surface area contributed by atoms with Crippen LogP contribution in [0.1, 0.15) is 79.1 Å². The fraction of sp³-hybridized carbons (Fsp3) is 0.926. The van der Waals surface area contributed by atoms with Gasteiger partial charge < -0.3 is 14.9 Å². The minimum atomic E-state index is -0.530. The zero-order valence-electron chi connectivity index (χ0n) is 19.9. The standard InChI is InChI=1S/C27H43NO3/c1-15-11-23(30)27(28-14-15)16(2)24-22(31-27)13-21-19-6-5-17-12-18(29)7-9-25(17,3)20(19)8-10-26(21,24)4/h5,15-16,18-24,28-30H,6-14H2,1-4H3/t15-,16+,18+,19-,20+,21+,22+,23+,24+,25+,26+,27+/m1/s1. The Morgan fingerprint density at radius 1 is 1.06 bits per heavy atom. The second-order valence-corrected chi connectivity index (χ2v) is 12.9. The first-order valence-corrected chi connectivity index (χ1v) is 13.2. The molecule has 5 fully saturated rings. The van der Waals surface area contributed by atoms with E-state index in [0.717, 1.165) is 50.0 Å². The molecule has 0 aromatic carbocycles. The van der Waals surface area contributed by atoms with E-state index in [9.17, 15) is 10.2 Å². The molecule has 2 saturated heterocycles. The van der Waals surface area contributed by atoms with Crippen LogP contribution in [0.4, 0.5) is 0 Å². The van der Waals surface area contributed by atoms with Gasteiger partial charge in [-0.1, -0.05) is 39.3 Å². The highest BCUT2D eigenvalue weighted by Crippen LogP contribution is 2.70. The van der Waals surface area contributed by atoms with Crippen LogP contribution in [0.2, 0.25) is 0 Å². The van der Waals surface area contributed by atoms with Gasteiger partial charge >= 0.3 is 0 Å². The van der Waals surface area contributed by atoms with Gasteiger partial charge in [0.2, 0.25) is 0 Å². The number of aliphatic hydroxyl groups excluding tert-OH is 2. The molecule has 0 aromatic heterocycles. The Morgan fingerprint density at radius 2 is 1.87 bits per heavy atom. The molecule has 12 atom stereocenters. The Morgan fingerprint density at radius 3 is 2.65 bits per heavy atom. The van der Waals surface area contributed by atoms with E-state index < -0.39 is 11.8 Å². The van der Waals surface area contributed by atoms with E-state index in [1.165, 1.54) is 25.7 Å². The summed E-state index contributed by atoms with van der Waals surface area (Å²) in [6.07, 6.45) is 11.1. The van der Waals surface area contributed by atoms with E-state index >= 15 is 0 Å². The monoisotopic (exact) mass is 429 g/mol. The predicted molar refractivity (Wildman–Crippen MR) is 121 cm³/mol. The molecule has 3 N–H and O–H groups in total. The molecule has 6 rings (SSSR count). The molecule has 31 heavy (non-hydrogen) atoms. The summed E-state index contributed by atoms with van der Waals surface area (Å²) in [6.45, 7) is 10.6. The quantitative estimate of drug-likeness (QED) is 0.504. The van der Waals surface area contributed by atoms with Crippen LogP contribution in [0.15, 0.2) is 11.6 Å². The van der Waals surface area contributed by atoms with Crippen molar-refractivity contribution in [3.05, 3.63) is 11.6 Å². The lowest BCUT2D eigenvalue weighted by Crippen LogP contribution is -2.64. The smallest absolute Gasteiger partial charge is 0.148 e. The lowest BCUT2D eigenvalue weighted by atomic mass is 9.46. The molecule has 4 heteroatoms. The van der Waals surface area contributed by atoms with E-state index in [-0.39, 0.29) is 12.2 Å². The molecule has 3 saturated carbocycles. The van der Waals surface area contributed by atoms with Gasteiger partial charge in [0.05, 0.1) is 18.3 Å². The zero-order chi connectivity index (χ0) is 21.8.